The summed E-state index contributed by atoms with van der Waals surface area (Å²) in [5.41, 5.74) is 1.36. The number of rotatable bonds is 3. The molecule has 2 aliphatic rings. The first-order valence-corrected chi connectivity index (χ1v) is 9.89. The van der Waals surface area contributed by atoms with Gasteiger partial charge < -0.3 is 4.90 Å². The van der Waals surface area contributed by atoms with Gasteiger partial charge in [-0.15, -0.1) is 0 Å². The largest absolute Gasteiger partial charge is 0.342 e. The molecule has 2 fully saturated rings. The Bertz CT molecular complexity index is 619. The van der Waals surface area contributed by atoms with Crippen LogP contribution in [-0.4, -0.2) is 43.8 Å². The first-order valence-electron chi connectivity index (χ1n) is 8.07. The molecule has 0 radical (unpaired) electrons. The lowest BCUT2D eigenvalue weighted by Gasteiger charge is -2.33. The third-order valence-electron chi connectivity index (χ3n) is 4.88. The quantitative estimate of drug-likeness (QED) is 0.854. The van der Waals surface area contributed by atoms with Crippen LogP contribution >= 0.6 is 0 Å². The van der Waals surface area contributed by atoms with Crippen molar-refractivity contribution < 1.29 is 13.2 Å². The van der Waals surface area contributed by atoms with Crippen molar-refractivity contribution in [3.8, 4) is 0 Å². The molecule has 2 heterocycles. The molecule has 0 bridgehead atoms. The summed E-state index contributed by atoms with van der Waals surface area (Å²) < 4.78 is 23.0. The fourth-order valence-corrected chi connectivity index (χ4v) is 5.29. The standard InChI is InChI=1S/C17H23NO3S/c19-17(16-8-11-22(20,21)13-16)18-9-6-15(7-10-18)12-14-4-2-1-3-5-14/h1-5,15-16H,6-13H2. The van der Waals surface area contributed by atoms with Crippen LogP contribution in [0.25, 0.3) is 0 Å². The van der Waals surface area contributed by atoms with Gasteiger partial charge >= 0.3 is 0 Å². The second-order valence-corrected chi connectivity index (χ2v) is 8.79. The van der Waals surface area contributed by atoms with E-state index in [-0.39, 0.29) is 23.3 Å². The molecule has 0 aliphatic carbocycles. The molecular weight excluding hydrogens is 298 g/mol. The van der Waals surface area contributed by atoms with Crippen LogP contribution in [0.1, 0.15) is 24.8 Å². The summed E-state index contributed by atoms with van der Waals surface area (Å²) in [4.78, 5) is 14.3. The topological polar surface area (TPSA) is 54.5 Å². The third kappa shape index (κ3) is 3.69. The number of likely N-dealkylation sites (tertiary alicyclic amines) is 1. The van der Waals surface area contributed by atoms with E-state index >= 15 is 0 Å². The maximum Gasteiger partial charge on any atom is 0.226 e. The van der Waals surface area contributed by atoms with Gasteiger partial charge in [-0.05, 0) is 37.2 Å². The molecule has 0 saturated carbocycles. The van der Waals surface area contributed by atoms with Gasteiger partial charge in [0.25, 0.3) is 0 Å². The average Bonchev–Trinajstić information content (AvgIpc) is 2.88. The molecule has 1 amide bonds. The van der Waals surface area contributed by atoms with Gasteiger partial charge in [-0.2, -0.15) is 0 Å². The Hall–Kier alpha value is -1.36. The first-order chi connectivity index (χ1) is 10.5. The van der Waals surface area contributed by atoms with Crippen molar-refractivity contribution in [2.75, 3.05) is 24.6 Å². The maximum absolute atomic E-state index is 12.4. The molecule has 2 aliphatic heterocycles. The van der Waals surface area contributed by atoms with Crippen LogP contribution in [-0.2, 0) is 21.1 Å². The number of benzene rings is 1. The van der Waals surface area contributed by atoms with Crippen LogP contribution in [0.4, 0.5) is 0 Å². The van der Waals surface area contributed by atoms with E-state index in [1.165, 1.54) is 5.56 Å². The summed E-state index contributed by atoms with van der Waals surface area (Å²) in [6, 6.07) is 10.5. The molecule has 120 valence electrons. The number of amides is 1. The Labute approximate surface area is 132 Å². The van der Waals surface area contributed by atoms with E-state index in [1.807, 2.05) is 11.0 Å². The minimum Gasteiger partial charge on any atom is -0.342 e. The highest BCUT2D eigenvalue weighted by atomic mass is 32.2. The highest BCUT2D eigenvalue weighted by Gasteiger charge is 2.36. The third-order valence-corrected chi connectivity index (χ3v) is 6.64. The Morgan fingerprint density at radius 1 is 1.09 bits per heavy atom. The highest BCUT2D eigenvalue weighted by molar-refractivity contribution is 7.91. The Kier molecular flexibility index (Phi) is 4.52. The van der Waals surface area contributed by atoms with Gasteiger partial charge in [-0.1, -0.05) is 30.3 Å². The minimum atomic E-state index is -2.98. The van der Waals surface area contributed by atoms with E-state index in [9.17, 15) is 13.2 Å². The van der Waals surface area contributed by atoms with Gasteiger partial charge in [0.2, 0.25) is 5.91 Å². The van der Waals surface area contributed by atoms with Crippen molar-refractivity contribution in [3.63, 3.8) is 0 Å². The number of nitrogens with zero attached hydrogens (tertiary/aromatic N) is 1. The molecule has 4 nitrogen and oxygen atoms in total. The number of carbonyl (C=O) groups excluding carboxylic acids is 1. The van der Waals surface area contributed by atoms with Gasteiger partial charge in [-0.3, -0.25) is 4.79 Å². The second-order valence-electron chi connectivity index (χ2n) is 6.56. The number of sulfone groups is 1. The van der Waals surface area contributed by atoms with E-state index < -0.39 is 9.84 Å². The summed E-state index contributed by atoms with van der Waals surface area (Å²) in [5, 5.41) is 0. The van der Waals surface area contributed by atoms with E-state index in [0.717, 1.165) is 32.4 Å². The van der Waals surface area contributed by atoms with Crippen molar-refractivity contribution in [3.05, 3.63) is 35.9 Å². The number of piperidine rings is 1. The molecule has 1 atom stereocenters. The highest BCUT2D eigenvalue weighted by Crippen LogP contribution is 2.26. The van der Waals surface area contributed by atoms with E-state index in [2.05, 4.69) is 24.3 Å². The number of hydrogen-bond donors (Lipinski definition) is 0. The van der Waals surface area contributed by atoms with Gasteiger partial charge in [0.1, 0.15) is 0 Å². The number of hydrogen-bond acceptors (Lipinski definition) is 3. The molecule has 5 heteroatoms. The molecule has 2 saturated heterocycles. The smallest absolute Gasteiger partial charge is 0.226 e. The molecule has 0 spiro atoms. The van der Waals surface area contributed by atoms with E-state index in [4.69, 9.17) is 0 Å². The van der Waals surface area contributed by atoms with Crippen LogP contribution in [0.5, 0.6) is 0 Å². The van der Waals surface area contributed by atoms with Gasteiger partial charge in [0.15, 0.2) is 9.84 Å². The summed E-state index contributed by atoms with van der Waals surface area (Å²) in [6.45, 7) is 1.54. The zero-order valence-electron chi connectivity index (χ0n) is 12.8. The van der Waals surface area contributed by atoms with Gasteiger partial charge in [0.05, 0.1) is 17.4 Å². The summed E-state index contributed by atoms with van der Waals surface area (Å²) in [5.74, 6) is 0.609. The zero-order valence-corrected chi connectivity index (χ0v) is 13.6. The summed E-state index contributed by atoms with van der Waals surface area (Å²) in [7, 11) is -2.98. The first kappa shape index (κ1) is 15.5. The van der Waals surface area contributed by atoms with Crippen molar-refractivity contribution in [1.82, 2.24) is 4.90 Å². The summed E-state index contributed by atoms with van der Waals surface area (Å²) >= 11 is 0. The Morgan fingerprint density at radius 3 is 2.36 bits per heavy atom. The van der Waals surface area contributed by atoms with Crippen LogP contribution in [0.3, 0.4) is 0 Å². The fourth-order valence-electron chi connectivity index (χ4n) is 3.55. The van der Waals surface area contributed by atoms with Crippen LogP contribution < -0.4 is 0 Å². The van der Waals surface area contributed by atoms with Crippen molar-refractivity contribution in [2.24, 2.45) is 11.8 Å². The van der Waals surface area contributed by atoms with E-state index in [1.54, 1.807) is 0 Å². The molecular formula is C17H23NO3S. The Balaban J connectivity index is 1.50. The lowest BCUT2D eigenvalue weighted by molar-refractivity contribution is -0.136. The monoisotopic (exact) mass is 321 g/mol. The fraction of sp³-hybridized carbons (Fsp3) is 0.588. The van der Waals surface area contributed by atoms with E-state index in [0.29, 0.717) is 12.3 Å². The lowest BCUT2D eigenvalue weighted by Crippen LogP contribution is -2.42. The molecule has 3 rings (SSSR count). The second kappa shape index (κ2) is 6.41. The maximum atomic E-state index is 12.4. The zero-order chi connectivity index (χ0) is 15.6. The van der Waals surface area contributed by atoms with Gasteiger partial charge in [-0.25, -0.2) is 8.42 Å². The van der Waals surface area contributed by atoms with Crippen molar-refractivity contribution in [1.29, 1.82) is 0 Å². The molecule has 0 aromatic heterocycles. The molecule has 22 heavy (non-hydrogen) atoms. The number of carbonyl (C=O) groups is 1. The summed E-state index contributed by atoms with van der Waals surface area (Å²) in [6.07, 6.45) is 3.60. The van der Waals surface area contributed by atoms with Crippen molar-refractivity contribution >= 4 is 15.7 Å². The van der Waals surface area contributed by atoms with Crippen LogP contribution in [0.15, 0.2) is 30.3 Å². The molecule has 1 aromatic carbocycles. The van der Waals surface area contributed by atoms with Gasteiger partial charge in [0, 0.05) is 13.1 Å². The minimum absolute atomic E-state index is 0.0514. The Morgan fingerprint density at radius 2 is 1.77 bits per heavy atom. The average molecular weight is 321 g/mol. The predicted molar refractivity (Wildman–Crippen MR) is 86.2 cm³/mol. The lowest BCUT2D eigenvalue weighted by atomic mass is 9.89. The molecule has 0 N–H and O–H groups in total. The normalized spacial score (nSPS) is 25.3. The predicted octanol–water partition coefficient (Wildman–Crippen LogP) is 1.90. The molecule has 1 unspecified atom stereocenters. The van der Waals surface area contributed by atoms with Crippen LogP contribution in [0, 0.1) is 11.8 Å². The molecule has 1 aromatic rings. The van der Waals surface area contributed by atoms with Crippen LogP contribution in [0.2, 0.25) is 0 Å². The SMILES string of the molecule is O=C(C1CCS(=O)(=O)C1)N1CCC(Cc2ccccc2)CC1. The van der Waals surface area contributed by atoms with Crippen molar-refractivity contribution in [2.45, 2.75) is 25.7 Å².